The van der Waals surface area contributed by atoms with Crippen molar-refractivity contribution >= 4 is 11.8 Å². The lowest BCUT2D eigenvalue weighted by atomic mass is 10.2. The Morgan fingerprint density at radius 3 is 2.73 bits per heavy atom. The zero-order valence-corrected chi connectivity index (χ0v) is 17.4. The first-order valence-corrected chi connectivity index (χ1v) is 10.3. The number of nitrogens with one attached hydrogen (secondary N) is 1. The molecule has 162 valence electrons. The quantitative estimate of drug-likeness (QED) is 0.623. The van der Waals surface area contributed by atoms with Gasteiger partial charge in [0, 0.05) is 45.3 Å². The second kappa shape index (κ2) is 11.4. The molecule has 2 amide bonds. The van der Waals surface area contributed by atoms with Crippen molar-refractivity contribution in [3.05, 3.63) is 47.9 Å². The molecule has 0 radical (unpaired) electrons. The van der Waals surface area contributed by atoms with Crippen molar-refractivity contribution in [3.63, 3.8) is 0 Å². The van der Waals surface area contributed by atoms with E-state index in [-0.39, 0.29) is 18.2 Å². The lowest BCUT2D eigenvalue weighted by Crippen LogP contribution is -2.40. The highest BCUT2D eigenvalue weighted by Gasteiger charge is 2.19. The van der Waals surface area contributed by atoms with E-state index in [4.69, 9.17) is 9.15 Å². The number of aryl methyl sites for hydroxylation is 1. The summed E-state index contributed by atoms with van der Waals surface area (Å²) < 4.78 is 10.6. The van der Waals surface area contributed by atoms with Gasteiger partial charge in [-0.1, -0.05) is 0 Å². The smallest absolute Gasteiger partial charge is 0.274 e. The van der Waals surface area contributed by atoms with Crippen LogP contribution < -0.4 is 5.32 Å². The average molecular weight is 415 g/mol. The molecule has 9 heteroatoms. The molecule has 0 spiro atoms. The molecule has 3 rings (SSSR count). The van der Waals surface area contributed by atoms with E-state index in [1.54, 1.807) is 29.5 Å². The maximum atomic E-state index is 12.9. The Morgan fingerprint density at radius 1 is 1.20 bits per heavy atom. The fourth-order valence-corrected chi connectivity index (χ4v) is 3.21. The summed E-state index contributed by atoms with van der Waals surface area (Å²) in [6.45, 7) is 7.23. The van der Waals surface area contributed by atoms with Gasteiger partial charge in [0.2, 0.25) is 5.91 Å². The molecule has 1 aliphatic rings. The number of furan rings is 1. The monoisotopic (exact) mass is 415 g/mol. The molecule has 3 heterocycles. The van der Waals surface area contributed by atoms with Crippen LogP contribution in [-0.2, 0) is 16.1 Å². The van der Waals surface area contributed by atoms with E-state index in [0.29, 0.717) is 31.1 Å². The van der Waals surface area contributed by atoms with Gasteiger partial charge < -0.3 is 19.4 Å². The maximum absolute atomic E-state index is 12.9. The van der Waals surface area contributed by atoms with Gasteiger partial charge in [0.25, 0.3) is 5.91 Å². The van der Waals surface area contributed by atoms with Crippen LogP contribution in [0.4, 0.5) is 0 Å². The summed E-state index contributed by atoms with van der Waals surface area (Å²) in [4.78, 5) is 37.5. The summed E-state index contributed by atoms with van der Waals surface area (Å²) in [5.74, 6) is 0.354. The highest BCUT2D eigenvalue weighted by atomic mass is 16.5. The van der Waals surface area contributed by atoms with Crippen molar-refractivity contribution in [1.29, 1.82) is 0 Å². The molecule has 1 saturated heterocycles. The van der Waals surface area contributed by atoms with E-state index in [9.17, 15) is 9.59 Å². The molecule has 0 unspecified atom stereocenters. The third-order valence-electron chi connectivity index (χ3n) is 4.94. The van der Waals surface area contributed by atoms with Crippen molar-refractivity contribution < 1.29 is 18.7 Å². The predicted octanol–water partition coefficient (Wildman–Crippen LogP) is 1.25. The fourth-order valence-electron chi connectivity index (χ4n) is 3.21. The van der Waals surface area contributed by atoms with Crippen LogP contribution in [-0.4, -0.2) is 77.5 Å². The Hall–Kier alpha value is -2.78. The number of nitrogens with zero attached hydrogens (tertiary/aromatic N) is 4. The summed E-state index contributed by atoms with van der Waals surface area (Å²) >= 11 is 0. The summed E-state index contributed by atoms with van der Waals surface area (Å²) in [6.07, 6.45) is 5.67. The third-order valence-corrected chi connectivity index (χ3v) is 4.94. The average Bonchev–Trinajstić information content (AvgIpc) is 3.29. The Balaban J connectivity index is 1.52. The summed E-state index contributed by atoms with van der Waals surface area (Å²) in [7, 11) is 0. The van der Waals surface area contributed by atoms with Gasteiger partial charge in [-0.25, -0.2) is 4.98 Å². The van der Waals surface area contributed by atoms with E-state index in [1.807, 2.05) is 6.92 Å². The minimum absolute atomic E-state index is 0.132. The molecule has 30 heavy (non-hydrogen) atoms. The SMILES string of the molecule is Cc1cnc(C(=O)N(CCCN2CCOCC2)CCC(=O)NCc2ccco2)cn1. The molecule has 1 fully saturated rings. The number of amides is 2. The Labute approximate surface area is 176 Å². The van der Waals surface area contributed by atoms with E-state index >= 15 is 0 Å². The molecule has 0 atom stereocenters. The van der Waals surface area contributed by atoms with Crippen molar-refractivity contribution in [3.8, 4) is 0 Å². The minimum Gasteiger partial charge on any atom is -0.467 e. The van der Waals surface area contributed by atoms with Crippen LogP contribution >= 0.6 is 0 Å². The third kappa shape index (κ3) is 6.93. The number of hydrogen-bond acceptors (Lipinski definition) is 7. The molecule has 2 aromatic heterocycles. The second-order valence-electron chi connectivity index (χ2n) is 7.25. The van der Waals surface area contributed by atoms with E-state index in [1.165, 1.54) is 6.20 Å². The zero-order valence-electron chi connectivity index (χ0n) is 17.4. The molecule has 9 nitrogen and oxygen atoms in total. The normalized spacial score (nSPS) is 14.4. The highest BCUT2D eigenvalue weighted by Crippen LogP contribution is 2.06. The number of ether oxygens (including phenoxy) is 1. The van der Waals surface area contributed by atoms with Crippen LogP contribution in [0.1, 0.15) is 34.8 Å². The molecule has 1 aliphatic heterocycles. The largest absolute Gasteiger partial charge is 0.467 e. The molecule has 1 N–H and O–H groups in total. The predicted molar refractivity (Wildman–Crippen MR) is 110 cm³/mol. The van der Waals surface area contributed by atoms with Gasteiger partial charge in [-0.15, -0.1) is 0 Å². The summed E-state index contributed by atoms with van der Waals surface area (Å²) in [6, 6.07) is 3.58. The summed E-state index contributed by atoms with van der Waals surface area (Å²) in [5, 5.41) is 2.81. The van der Waals surface area contributed by atoms with Crippen molar-refractivity contribution in [2.45, 2.75) is 26.3 Å². The first kappa shape index (κ1) is 21.9. The lowest BCUT2D eigenvalue weighted by molar-refractivity contribution is -0.121. The van der Waals surface area contributed by atoms with Gasteiger partial charge in [-0.3, -0.25) is 19.5 Å². The van der Waals surface area contributed by atoms with Crippen LogP contribution in [0.3, 0.4) is 0 Å². The standard InChI is InChI=1S/C21H29N5O4/c1-17-14-23-19(16-22-17)21(28)26(7-3-6-25-9-12-29-13-10-25)8-5-20(27)24-15-18-4-2-11-30-18/h2,4,11,14,16H,3,5-10,12-13,15H2,1H3,(H,24,27). The second-order valence-corrected chi connectivity index (χ2v) is 7.25. The van der Waals surface area contributed by atoms with Crippen LogP contribution in [0.15, 0.2) is 35.2 Å². The maximum Gasteiger partial charge on any atom is 0.274 e. The van der Waals surface area contributed by atoms with Gasteiger partial charge in [-0.2, -0.15) is 0 Å². The first-order valence-electron chi connectivity index (χ1n) is 10.3. The van der Waals surface area contributed by atoms with Gasteiger partial charge in [0.1, 0.15) is 11.5 Å². The van der Waals surface area contributed by atoms with Crippen molar-refractivity contribution in [2.24, 2.45) is 0 Å². The van der Waals surface area contributed by atoms with Crippen LogP contribution in [0.25, 0.3) is 0 Å². The van der Waals surface area contributed by atoms with Crippen LogP contribution in [0.5, 0.6) is 0 Å². The van der Waals surface area contributed by atoms with Crippen molar-refractivity contribution in [1.82, 2.24) is 25.1 Å². The fraction of sp³-hybridized carbons (Fsp3) is 0.524. The molecule has 0 aromatic carbocycles. The molecule has 0 saturated carbocycles. The van der Waals surface area contributed by atoms with Gasteiger partial charge in [0.15, 0.2) is 0 Å². The Bertz CT molecular complexity index is 788. The van der Waals surface area contributed by atoms with Gasteiger partial charge in [0.05, 0.1) is 37.9 Å². The number of morpholine rings is 1. The molecule has 2 aromatic rings. The molecule has 0 bridgehead atoms. The molecular weight excluding hydrogens is 386 g/mol. The topological polar surface area (TPSA) is 101 Å². The number of carbonyl (C=O) groups excluding carboxylic acids is 2. The number of hydrogen-bond donors (Lipinski definition) is 1. The number of rotatable bonds is 10. The van der Waals surface area contributed by atoms with E-state index in [0.717, 1.165) is 45.0 Å². The number of aromatic nitrogens is 2. The zero-order chi connectivity index (χ0) is 21.2. The first-order chi connectivity index (χ1) is 14.6. The van der Waals surface area contributed by atoms with Crippen LogP contribution in [0, 0.1) is 6.92 Å². The Morgan fingerprint density at radius 2 is 2.03 bits per heavy atom. The van der Waals surface area contributed by atoms with E-state index < -0.39 is 0 Å². The lowest BCUT2D eigenvalue weighted by Gasteiger charge is -2.28. The Kier molecular flexibility index (Phi) is 8.34. The van der Waals surface area contributed by atoms with Gasteiger partial charge >= 0.3 is 0 Å². The summed E-state index contributed by atoms with van der Waals surface area (Å²) in [5.41, 5.74) is 1.05. The minimum atomic E-state index is -0.205. The van der Waals surface area contributed by atoms with Crippen molar-refractivity contribution in [2.75, 3.05) is 45.9 Å². The molecular formula is C21H29N5O4. The highest BCUT2D eigenvalue weighted by molar-refractivity contribution is 5.92. The number of carbonyl (C=O) groups is 2. The van der Waals surface area contributed by atoms with Gasteiger partial charge in [-0.05, 0) is 25.5 Å². The van der Waals surface area contributed by atoms with Crippen LogP contribution in [0.2, 0.25) is 0 Å². The van der Waals surface area contributed by atoms with E-state index in [2.05, 4.69) is 20.2 Å². The molecule has 0 aliphatic carbocycles.